The predicted molar refractivity (Wildman–Crippen MR) is 107 cm³/mol. The number of hydrogen-bond acceptors (Lipinski definition) is 4. The minimum absolute atomic E-state index is 0.124. The lowest BCUT2D eigenvalue weighted by Gasteiger charge is -2.17. The Morgan fingerprint density at radius 1 is 1.33 bits per heavy atom. The lowest BCUT2D eigenvalue weighted by atomic mass is 10.1. The second-order valence-corrected chi connectivity index (χ2v) is 7.49. The topological polar surface area (TPSA) is 81.7 Å². The maximum absolute atomic E-state index is 12.4. The van der Waals surface area contributed by atoms with Gasteiger partial charge in [-0.3, -0.25) is 9.59 Å². The first-order valence-electron chi connectivity index (χ1n) is 8.94. The highest BCUT2D eigenvalue weighted by Crippen LogP contribution is 2.23. The van der Waals surface area contributed by atoms with Crippen LogP contribution in [0.15, 0.2) is 29.5 Å². The Hall–Kier alpha value is -1.76. The Morgan fingerprint density at radius 2 is 2.07 bits per heavy atom. The van der Waals surface area contributed by atoms with Crippen LogP contribution in [-0.4, -0.2) is 54.5 Å². The quantitative estimate of drug-likeness (QED) is 0.543. The molecule has 2 rings (SSSR count). The van der Waals surface area contributed by atoms with Crippen LogP contribution >= 0.6 is 23.2 Å². The number of aryl methyl sites for hydroxylation is 1. The third-order valence-electron chi connectivity index (χ3n) is 4.48. The van der Waals surface area contributed by atoms with Gasteiger partial charge in [0.1, 0.15) is 0 Å². The van der Waals surface area contributed by atoms with Gasteiger partial charge in [0.25, 0.3) is 11.8 Å². The maximum atomic E-state index is 12.4. The molecule has 0 radical (unpaired) electrons. The largest absolute Gasteiger partial charge is 0.503 e. The predicted octanol–water partition coefficient (Wildman–Crippen LogP) is 2.69. The fourth-order valence-corrected chi connectivity index (χ4v) is 3.21. The molecule has 0 bridgehead atoms. The highest BCUT2D eigenvalue weighted by Gasteiger charge is 2.33. The summed E-state index contributed by atoms with van der Waals surface area (Å²) in [6.45, 7) is 3.28. The summed E-state index contributed by atoms with van der Waals surface area (Å²) in [7, 11) is 1.83. The van der Waals surface area contributed by atoms with Crippen molar-refractivity contribution >= 4 is 35.0 Å². The minimum Gasteiger partial charge on any atom is -0.503 e. The lowest BCUT2D eigenvalue weighted by Crippen LogP contribution is -2.36. The van der Waals surface area contributed by atoms with E-state index in [1.54, 1.807) is 6.07 Å². The van der Waals surface area contributed by atoms with Gasteiger partial charge in [-0.2, -0.15) is 0 Å². The molecule has 8 heteroatoms. The van der Waals surface area contributed by atoms with E-state index >= 15 is 0 Å². The third kappa shape index (κ3) is 5.86. The molecule has 27 heavy (non-hydrogen) atoms. The summed E-state index contributed by atoms with van der Waals surface area (Å²) >= 11 is 11.9. The summed E-state index contributed by atoms with van der Waals surface area (Å²) in [6, 6.07) is 5.33. The normalized spacial score (nSPS) is 15.4. The van der Waals surface area contributed by atoms with Crippen LogP contribution in [0, 0.1) is 0 Å². The molecule has 0 saturated heterocycles. The fraction of sp³-hybridized carbons (Fsp3) is 0.474. The SMILES string of the molecule is CNCCCN1CC(C(=O)NC(C)CCc2ccc(Cl)c(Cl)c2)=C(O)C1=O. The highest BCUT2D eigenvalue weighted by atomic mass is 35.5. The first-order valence-corrected chi connectivity index (χ1v) is 9.69. The summed E-state index contributed by atoms with van der Waals surface area (Å²) in [4.78, 5) is 26.0. The van der Waals surface area contributed by atoms with Crippen molar-refractivity contribution in [1.82, 2.24) is 15.5 Å². The van der Waals surface area contributed by atoms with Crippen molar-refractivity contribution in [2.45, 2.75) is 32.2 Å². The Labute approximate surface area is 169 Å². The van der Waals surface area contributed by atoms with Crippen molar-refractivity contribution in [2.75, 3.05) is 26.7 Å². The number of nitrogens with one attached hydrogen (secondary N) is 2. The van der Waals surface area contributed by atoms with Crippen LogP contribution in [0.25, 0.3) is 0 Å². The summed E-state index contributed by atoms with van der Waals surface area (Å²) < 4.78 is 0. The smallest absolute Gasteiger partial charge is 0.289 e. The third-order valence-corrected chi connectivity index (χ3v) is 5.22. The van der Waals surface area contributed by atoms with Gasteiger partial charge in [-0.05, 0) is 57.5 Å². The Morgan fingerprint density at radius 3 is 2.74 bits per heavy atom. The van der Waals surface area contributed by atoms with E-state index in [9.17, 15) is 14.7 Å². The number of aliphatic hydroxyl groups excluding tert-OH is 1. The van der Waals surface area contributed by atoms with Crippen molar-refractivity contribution in [1.29, 1.82) is 0 Å². The van der Waals surface area contributed by atoms with Crippen molar-refractivity contribution < 1.29 is 14.7 Å². The molecule has 0 fully saturated rings. The van der Waals surface area contributed by atoms with Crippen molar-refractivity contribution in [3.05, 3.63) is 45.1 Å². The van der Waals surface area contributed by atoms with Crippen LogP contribution in [0.1, 0.15) is 25.3 Å². The van der Waals surface area contributed by atoms with Gasteiger partial charge in [0.05, 0.1) is 22.2 Å². The zero-order valence-corrected chi connectivity index (χ0v) is 17.0. The van der Waals surface area contributed by atoms with Crippen LogP contribution in [0.3, 0.4) is 0 Å². The molecule has 1 aromatic carbocycles. The summed E-state index contributed by atoms with van der Waals surface area (Å²) in [5, 5.41) is 16.9. The molecule has 3 N–H and O–H groups in total. The van der Waals surface area contributed by atoms with Gasteiger partial charge in [0, 0.05) is 12.6 Å². The van der Waals surface area contributed by atoms with Crippen LogP contribution in [0.4, 0.5) is 0 Å². The zero-order valence-electron chi connectivity index (χ0n) is 15.5. The van der Waals surface area contributed by atoms with E-state index in [1.165, 1.54) is 4.90 Å². The molecule has 0 spiro atoms. The van der Waals surface area contributed by atoms with Crippen LogP contribution in [0.5, 0.6) is 0 Å². The van der Waals surface area contributed by atoms with E-state index in [0.717, 1.165) is 24.9 Å². The van der Waals surface area contributed by atoms with Crippen LogP contribution in [-0.2, 0) is 16.0 Å². The first kappa shape index (κ1) is 21.5. The van der Waals surface area contributed by atoms with E-state index in [0.29, 0.717) is 23.0 Å². The molecule has 1 heterocycles. The van der Waals surface area contributed by atoms with Gasteiger partial charge >= 0.3 is 0 Å². The second-order valence-electron chi connectivity index (χ2n) is 6.67. The average molecular weight is 414 g/mol. The van der Waals surface area contributed by atoms with Gasteiger partial charge in [-0.1, -0.05) is 29.3 Å². The molecular weight excluding hydrogens is 389 g/mol. The number of carbonyl (C=O) groups is 2. The van der Waals surface area contributed by atoms with E-state index in [1.807, 2.05) is 26.1 Å². The standard InChI is InChI=1S/C19H25Cl2N3O3/c1-12(4-5-13-6-7-15(20)16(21)10-13)23-18(26)14-11-24(9-3-8-22-2)19(27)17(14)25/h6-7,10,12,22,25H,3-5,8-9,11H2,1-2H3,(H,23,26). The van der Waals surface area contributed by atoms with E-state index < -0.39 is 17.6 Å². The number of hydrogen-bond donors (Lipinski definition) is 3. The second kappa shape index (κ2) is 9.97. The number of rotatable bonds is 9. The van der Waals surface area contributed by atoms with Gasteiger partial charge in [-0.25, -0.2) is 0 Å². The minimum atomic E-state index is -0.486. The van der Waals surface area contributed by atoms with Crippen molar-refractivity contribution in [3.63, 3.8) is 0 Å². The van der Waals surface area contributed by atoms with E-state index in [2.05, 4.69) is 10.6 Å². The lowest BCUT2D eigenvalue weighted by molar-refractivity contribution is -0.127. The maximum Gasteiger partial charge on any atom is 0.289 e. The monoisotopic (exact) mass is 413 g/mol. The van der Waals surface area contributed by atoms with Crippen LogP contribution < -0.4 is 10.6 Å². The molecule has 1 atom stereocenters. The Kier molecular flexibility index (Phi) is 7.95. The number of nitrogens with zero attached hydrogens (tertiary/aromatic N) is 1. The Balaban J connectivity index is 1.86. The van der Waals surface area contributed by atoms with Crippen molar-refractivity contribution in [2.24, 2.45) is 0 Å². The van der Waals surface area contributed by atoms with E-state index in [4.69, 9.17) is 23.2 Å². The number of aliphatic hydroxyl groups is 1. The van der Waals surface area contributed by atoms with Crippen molar-refractivity contribution in [3.8, 4) is 0 Å². The molecule has 6 nitrogen and oxygen atoms in total. The molecule has 2 amide bonds. The molecular formula is C19H25Cl2N3O3. The number of amides is 2. The molecule has 1 aliphatic heterocycles. The molecule has 1 aromatic rings. The van der Waals surface area contributed by atoms with Gasteiger partial charge in [-0.15, -0.1) is 0 Å². The number of benzene rings is 1. The number of halogens is 2. The molecule has 1 unspecified atom stereocenters. The molecule has 148 valence electrons. The summed E-state index contributed by atoms with van der Waals surface area (Å²) in [5.41, 5.74) is 1.16. The average Bonchev–Trinajstić information content (AvgIpc) is 2.91. The Bertz CT molecular complexity index is 737. The first-order chi connectivity index (χ1) is 12.8. The van der Waals surface area contributed by atoms with Gasteiger partial charge in [0.2, 0.25) is 0 Å². The molecule has 1 aliphatic rings. The van der Waals surface area contributed by atoms with Crippen LogP contribution in [0.2, 0.25) is 10.0 Å². The van der Waals surface area contributed by atoms with E-state index in [-0.39, 0.29) is 18.2 Å². The number of carbonyl (C=O) groups excluding carboxylic acids is 2. The van der Waals surface area contributed by atoms with Gasteiger partial charge < -0.3 is 20.6 Å². The molecule has 0 saturated carbocycles. The summed E-state index contributed by atoms with van der Waals surface area (Å²) in [6.07, 6.45) is 2.17. The van der Waals surface area contributed by atoms with Gasteiger partial charge in [0.15, 0.2) is 5.76 Å². The summed E-state index contributed by atoms with van der Waals surface area (Å²) in [5.74, 6) is -1.34. The zero-order chi connectivity index (χ0) is 20.0. The molecule has 0 aliphatic carbocycles. The molecule has 0 aromatic heterocycles. The highest BCUT2D eigenvalue weighted by molar-refractivity contribution is 6.42. The fourth-order valence-electron chi connectivity index (χ4n) is 2.88.